The van der Waals surface area contributed by atoms with Crippen LogP contribution in [0.15, 0.2) is 42.7 Å². The zero-order chi connectivity index (χ0) is 21.1. The van der Waals surface area contributed by atoms with E-state index in [1.165, 1.54) is 11.1 Å². The van der Waals surface area contributed by atoms with Crippen molar-refractivity contribution in [1.29, 1.82) is 0 Å². The number of pyridine rings is 2. The lowest BCUT2D eigenvalue weighted by molar-refractivity contribution is 0.0418. The Balaban J connectivity index is 1.65. The van der Waals surface area contributed by atoms with Crippen molar-refractivity contribution in [2.45, 2.75) is 26.9 Å². The van der Waals surface area contributed by atoms with Crippen molar-refractivity contribution in [3.05, 3.63) is 70.1 Å². The quantitative estimate of drug-likeness (QED) is 0.584. The predicted molar refractivity (Wildman–Crippen MR) is 117 cm³/mol. The summed E-state index contributed by atoms with van der Waals surface area (Å²) in [5.74, 6) is 0. The fraction of sp³-hybridized carbons (Fsp3) is 0.348. The summed E-state index contributed by atoms with van der Waals surface area (Å²) in [6, 6.07) is 10.0. The minimum Gasteiger partial charge on any atom is -0.378 e. The van der Waals surface area contributed by atoms with Gasteiger partial charge in [0, 0.05) is 43.0 Å². The molecule has 0 saturated carbocycles. The number of carbonyl (C=O) groups is 1. The van der Waals surface area contributed by atoms with Crippen molar-refractivity contribution < 1.29 is 9.53 Å². The van der Waals surface area contributed by atoms with E-state index in [0.717, 1.165) is 22.0 Å². The van der Waals surface area contributed by atoms with Gasteiger partial charge in [0.15, 0.2) is 0 Å². The van der Waals surface area contributed by atoms with Crippen molar-refractivity contribution in [3.63, 3.8) is 0 Å². The van der Waals surface area contributed by atoms with Gasteiger partial charge >= 0.3 is 6.03 Å². The van der Waals surface area contributed by atoms with Crippen LogP contribution in [0, 0.1) is 13.8 Å². The second-order valence-corrected chi connectivity index (χ2v) is 8.02. The van der Waals surface area contributed by atoms with Crippen LogP contribution in [0.2, 0.25) is 5.15 Å². The Morgan fingerprint density at radius 3 is 2.67 bits per heavy atom. The first-order chi connectivity index (χ1) is 14.5. The smallest absolute Gasteiger partial charge is 0.320 e. The molecule has 0 atom stereocenters. The average molecular weight is 425 g/mol. The molecule has 1 saturated heterocycles. The molecule has 30 heavy (non-hydrogen) atoms. The summed E-state index contributed by atoms with van der Waals surface area (Å²) in [5.41, 5.74) is 5.05. The third-order valence-corrected chi connectivity index (χ3v) is 5.79. The van der Waals surface area contributed by atoms with Crippen molar-refractivity contribution in [3.8, 4) is 0 Å². The summed E-state index contributed by atoms with van der Waals surface area (Å²) in [6.45, 7) is 7.27. The van der Waals surface area contributed by atoms with Crippen LogP contribution in [-0.4, -0.2) is 52.1 Å². The van der Waals surface area contributed by atoms with E-state index in [9.17, 15) is 4.79 Å². The SMILES string of the molecule is Cc1cc2cc(CN(Cc3cccnc3)C(=O)N3CCOCC3)c(Cl)nc2cc1C. The van der Waals surface area contributed by atoms with Gasteiger partial charge < -0.3 is 14.5 Å². The molecule has 0 radical (unpaired) electrons. The molecule has 6 nitrogen and oxygen atoms in total. The monoisotopic (exact) mass is 424 g/mol. The minimum atomic E-state index is -0.0293. The highest BCUT2D eigenvalue weighted by molar-refractivity contribution is 6.30. The molecule has 1 aliphatic heterocycles. The molecule has 0 spiro atoms. The summed E-state index contributed by atoms with van der Waals surface area (Å²) in [6.07, 6.45) is 3.51. The largest absolute Gasteiger partial charge is 0.378 e. The Morgan fingerprint density at radius 2 is 1.93 bits per heavy atom. The molecule has 0 unspecified atom stereocenters. The molecule has 2 aromatic heterocycles. The number of benzene rings is 1. The maximum Gasteiger partial charge on any atom is 0.320 e. The van der Waals surface area contributed by atoms with Crippen molar-refractivity contribution in [2.75, 3.05) is 26.3 Å². The maximum atomic E-state index is 13.3. The highest BCUT2D eigenvalue weighted by atomic mass is 35.5. The Bertz CT molecular complexity index is 1050. The Kier molecular flexibility index (Phi) is 6.16. The lowest BCUT2D eigenvalue weighted by Crippen LogP contribution is -2.47. The molecule has 156 valence electrons. The number of aromatic nitrogens is 2. The van der Waals surface area contributed by atoms with Gasteiger partial charge in [-0.05, 0) is 54.8 Å². The number of ether oxygens (including phenoxy) is 1. The molecule has 2 amide bonds. The number of morpholine rings is 1. The summed E-state index contributed by atoms with van der Waals surface area (Å²) in [4.78, 5) is 25.7. The van der Waals surface area contributed by atoms with Gasteiger partial charge in [-0.15, -0.1) is 0 Å². The van der Waals surface area contributed by atoms with E-state index in [1.807, 2.05) is 29.2 Å². The molecule has 7 heteroatoms. The van der Waals surface area contributed by atoms with E-state index in [0.29, 0.717) is 44.5 Å². The highest BCUT2D eigenvalue weighted by Crippen LogP contribution is 2.25. The topological polar surface area (TPSA) is 58.6 Å². The third-order valence-electron chi connectivity index (χ3n) is 5.47. The van der Waals surface area contributed by atoms with Crippen LogP contribution in [0.25, 0.3) is 10.9 Å². The molecule has 3 aromatic rings. The molecule has 4 rings (SSSR count). The van der Waals surface area contributed by atoms with Gasteiger partial charge in [-0.1, -0.05) is 17.7 Å². The Labute approximate surface area is 181 Å². The molecular weight excluding hydrogens is 400 g/mol. The van der Waals surface area contributed by atoms with Gasteiger partial charge in [0.1, 0.15) is 5.15 Å². The van der Waals surface area contributed by atoms with Crippen LogP contribution < -0.4 is 0 Å². The normalized spacial score (nSPS) is 14.2. The number of aryl methyl sites for hydroxylation is 2. The number of nitrogens with zero attached hydrogens (tertiary/aromatic N) is 4. The average Bonchev–Trinajstić information content (AvgIpc) is 2.76. The highest BCUT2D eigenvalue weighted by Gasteiger charge is 2.24. The van der Waals surface area contributed by atoms with Gasteiger partial charge in [-0.2, -0.15) is 0 Å². The molecule has 0 aliphatic carbocycles. The van der Waals surface area contributed by atoms with Crippen LogP contribution in [0.4, 0.5) is 4.79 Å². The second-order valence-electron chi connectivity index (χ2n) is 7.67. The number of hydrogen-bond acceptors (Lipinski definition) is 4. The number of amides is 2. The third kappa shape index (κ3) is 4.55. The summed E-state index contributed by atoms with van der Waals surface area (Å²) in [5, 5.41) is 1.45. The van der Waals surface area contributed by atoms with E-state index >= 15 is 0 Å². The van der Waals surface area contributed by atoms with Gasteiger partial charge in [0.2, 0.25) is 0 Å². The van der Waals surface area contributed by atoms with E-state index in [1.54, 1.807) is 17.3 Å². The lowest BCUT2D eigenvalue weighted by Gasteiger charge is -2.33. The van der Waals surface area contributed by atoms with Gasteiger partial charge in [-0.25, -0.2) is 9.78 Å². The van der Waals surface area contributed by atoms with E-state index in [2.05, 4.69) is 29.9 Å². The minimum absolute atomic E-state index is 0.0293. The maximum absolute atomic E-state index is 13.3. The number of halogens is 1. The van der Waals surface area contributed by atoms with Crippen LogP contribution in [0.5, 0.6) is 0 Å². The Hall–Kier alpha value is -2.70. The summed E-state index contributed by atoms with van der Waals surface area (Å²) >= 11 is 6.54. The molecule has 0 bridgehead atoms. The van der Waals surface area contributed by atoms with Crippen molar-refractivity contribution in [2.24, 2.45) is 0 Å². The first-order valence-corrected chi connectivity index (χ1v) is 10.5. The molecule has 1 aromatic carbocycles. The fourth-order valence-electron chi connectivity index (χ4n) is 3.63. The van der Waals surface area contributed by atoms with E-state index < -0.39 is 0 Å². The standard InChI is InChI=1S/C23H25ClN4O2/c1-16-10-19-12-20(22(24)26-21(19)11-17(16)2)15-28(14-18-4-3-5-25-13-18)23(29)27-6-8-30-9-7-27/h3-5,10-13H,6-9,14-15H2,1-2H3. The number of hydrogen-bond donors (Lipinski definition) is 0. The fourth-order valence-corrected chi connectivity index (χ4v) is 3.84. The van der Waals surface area contributed by atoms with Gasteiger partial charge in [-0.3, -0.25) is 4.98 Å². The molecular formula is C23H25ClN4O2. The molecule has 1 fully saturated rings. The molecule has 3 heterocycles. The number of urea groups is 1. The van der Waals surface area contributed by atoms with Gasteiger partial charge in [0.25, 0.3) is 0 Å². The first-order valence-electron chi connectivity index (χ1n) is 10.1. The number of rotatable bonds is 4. The van der Waals surface area contributed by atoms with Crippen LogP contribution in [-0.2, 0) is 17.8 Å². The first kappa shape index (κ1) is 20.6. The second kappa shape index (κ2) is 8.98. The van der Waals surface area contributed by atoms with Crippen molar-refractivity contribution >= 4 is 28.5 Å². The van der Waals surface area contributed by atoms with Crippen molar-refractivity contribution in [1.82, 2.24) is 19.8 Å². The molecule has 1 aliphatic rings. The predicted octanol–water partition coefficient (Wildman–Crippen LogP) is 4.35. The molecule has 0 N–H and O–H groups in total. The van der Waals surface area contributed by atoms with E-state index in [4.69, 9.17) is 16.3 Å². The number of fused-ring (bicyclic) bond motifs is 1. The summed E-state index contributed by atoms with van der Waals surface area (Å²) in [7, 11) is 0. The lowest BCUT2D eigenvalue weighted by atomic mass is 10.0. The van der Waals surface area contributed by atoms with Gasteiger partial charge in [0.05, 0.1) is 25.3 Å². The Morgan fingerprint density at radius 1 is 1.17 bits per heavy atom. The zero-order valence-corrected chi connectivity index (χ0v) is 18.0. The van der Waals surface area contributed by atoms with Crippen LogP contribution >= 0.6 is 11.6 Å². The zero-order valence-electron chi connectivity index (χ0n) is 17.3. The summed E-state index contributed by atoms with van der Waals surface area (Å²) < 4.78 is 5.40. The van der Waals surface area contributed by atoms with Crippen LogP contribution in [0.3, 0.4) is 0 Å². The van der Waals surface area contributed by atoms with Crippen LogP contribution in [0.1, 0.15) is 22.3 Å². The van der Waals surface area contributed by atoms with E-state index in [-0.39, 0.29) is 6.03 Å². The number of carbonyl (C=O) groups excluding carboxylic acids is 1.